The SMILES string of the molecule is CC1CCCC(CN)(OC(C)C(C)C)C1. The third kappa shape index (κ3) is 3.46. The summed E-state index contributed by atoms with van der Waals surface area (Å²) in [5.74, 6) is 1.34. The first-order chi connectivity index (χ1) is 6.99. The molecule has 1 rings (SSSR count). The highest BCUT2D eigenvalue weighted by molar-refractivity contribution is 4.89. The molecule has 2 nitrogen and oxygen atoms in total. The fourth-order valence-corrected chi connectivity index (χ4v) is 2.48. The van der Waals surface area contributed by atoms with E-state index in [9.17, 15) is 0 Å². The number of ether oxygens (including phenoxy) is 1. The van der Waals surface area contributed by atoms with E-state index in [2.05, 4.69) is 27.7 Å². The zero-order valence-electron chi connectivity index (χ0n) is 10.8. The summed E-state index contributed by atoms with van der Waals surface area (Å²) in [4.78, 5) is 0. The molecule has 0 aliphatic heterocycles. The van der Waals surface area contributed by atoms with Crippen LogP contribution in [0.25, 0.3) is 0 Å². The minimum absolute atomic E-state index is 0.0264. The zero-order valence-corrected chi connectivity index (χ0v) is 10.8. The Bertz CT molecular complexity index is 193. The van der Waals surface area contributed by atoms with E-state index < -0.39 is 0 Å². The lowest BCUT2D eigenvalue weighted by Crippen LogP contribution is -2.47. The lowest BCUT2D eigenvalue weighted by molar-refractivity contribution is -0.123. The fraction of sp³-hybridized carbons (Fsp3) is 1.00. The van der Waals surface area contributed by atoms with Gasteiger partial charge in [0.2, 0.25) is 0 Å². The number of nitrogens with two attached hydrogens (primary N) is 1. The molecule has 1 aliphatic rings. The van der Waals surface area contributed by atoms with Gasteiger partial charge in [-0.15, -0.1) is 0 Å². The average molecular weight is 213 g/mol. The Morgan fingerprint density at radius 2 is 2.07 bits per heavy atom. The molecule has 90 valence electrons. The van der Waals surface area contributed by atoms with Crippen molar-refractivity contribution in [2.45, 2.75) is 65.1 Å². The predicted molar refractivity (Wildman–Crippen MR) is 64.8 cm³/mol. The van der Waals surface area contributed by atoms with Crippen LogP contribution < -0.4 is 5.73 Å². The summed E-state index contributed by atoms with van der Waals surface area (Å²) >= 11 is 0. The standard InChI is InChI=1S/C13H27NO/c1-10(2)12(4)15-13(9-14)7-5-6-11(3)8-13/h10-12H,5-9,14H2,1-4H3. The maximum atomic E-state index is 6.23. The quantitative estimate of drug-likeness (QED) is 0.779. The summed E-state index contributed by atoms with van der Waals surface area (Å²) < 4.78 is 6.23. The minimum Gasteiger partial charge on any atom is -0.370 e. The Balaban J connectivity index is 2.59. The molecule has 0 amide bonds. The third-order valence-corrected chi connectivity index (χ3v) is 3.80. The van der Waals surface area contributed by atoms with Crippen LogP contribution >= 0.6 is 0 Å². The Morgan fingerprint density at radius 3 is 2.53 bits per heavy atom. The van der Waals surface area contributed by atoms with Crippen molar-refractivity contribution in [3.8, 4) is 0 Å². The Labute approximate surface area is 94.6 Å². The van der Waals surface area contributed by atoms with E-state index in [4.69, 9.17) is 10.5 Å². The van der Waals surface area contributed by atoms with Gasteiger partial charge < -0.3 is 10.5 Å². The molecule has 2 heteroatoms. The fourth-order valence-electron chi connectivity index (χ4n) is 2.48. The van der Waals surface area contributed by atoms with Crippen molar-refractivity contribution >= 4 is 0 Å². The van der Waals surface area contributed by atoms with E-state index in [0.29, 0.717) is 18.6 Å². The van der Waals surface area contributed by atoms with Crippen LogP contribution in [0.5, 0.6) is 0 Å². The molecule has 15 heavy (non-hydrogen) atoms. The van der Waals surface area contributed by atoms with Gasteiger partial charge in [0.05, 0.1) is 11.7 Å². The topological polar surface area (TPSA) is 35.2 Å². The molecular formula is C13H27NO. The van der Waals surface area contributed by atoms with Gasteiger partial charge in [-0.25, -0.2) is 0 Å². The van der Waals surface area contributed by atoms with Gasteiger partial charge in [-0.1, -0.05) is 33.6 Å². The molecule has 0 spiro atoms. The summed E-state index contributed by atoms with van der Waals surface area (Å²) in [5, 5.41) is 0. The van der Waals surface area contributed by atoms with Crippen molar-refractivity contribution in [3.63, 3.8) is 0 Å². The molecule has 0 saturated heterocycles. The van der Waals surface area contributed by atoms with Gasteiger partial charge >= 0.3 is 0 Å². The first-order valence-electron chi connectivity index (χ1n) is 6.37. The molecule has 0 aromatic rings. The van der Waals surface area contributed by atoms with Crippen molar-refractivity contribution in [1.82, 2.24) is 0 Å². The Hall–Kier alpha value is -0.0800. The Kier molecular flexibility index (Phi) is 4.60. The molecule has 1 saturated carbocycles. The monoisotopic (exact) mass is 213 g/mol. The summed E-state index contributed by atoms with van der Waals surface area (Å²) in [6.07, 6.45) is 5.20. The average Bonchev–Trinajstić information content (AvgIpc) is 2.17. The van der Waals surface area contributed by atoms with Gasteiger partial charge in [-0.2, -0.15) is 0 Å². The largest absolute Gasteiger partial charge is 0.370 e. The van der Waals surface area contributed by atoms with Gasteiger partial charge in [-0.3, -0.25) is 0 Å². The van der Waals surface area contributed by atoms with Crippen LogP contribution in [-0.4, -0.2) is 18.2 Å². The summed E-state index contributed by atoms with van der Waals surface area (Å²) in [7, 11) is 0. The maximum absolute atomic E-state index is 6.23. The normalized spacial score (nSPS) is 34.4. The molecule has 3 unspecified atom stereocenters. The van der Waals surface area contributed by atoms with Crippen molar-refractivity contribution in [2.24, 2.45) is 17.6 Å². The highest BCUT2D eigenvalue weighted by Gasteiger charge is 2.36. The summed E-state index contributed by atoms with van der Waals surface area (Å²) in [6.45, 7) is 9.57. The second-order valence-corrected chi connectivity index (χ2v) is 5.66. The lowest BCUT2D eigenvalue weighted by Gasteiger charge is -2.41. The third-order valence-electron chi connectivity index (χ3n) is 3.80. The van der Waals surface area contributed by atoms with Crippen molar-refractivity contribution in [2.75, 3.05) is 6.54 Å². The van der Waals surface area contributed by atoms with Gasteiger partial charge in [0.15, 0.2) is 0 Å². The number of rotatable bonds is 4. The van der Waals surface area contributed by atoms with Crippen LogP contribution in [0.3, 0.4) is 0 Å². The second-order valence-electron chi connectivity index (χ2n) is 5.66. The molecular weight excluding hydrogens is 186 g/mol. The van der Waals surface area contributed by atoms with Crippen LogP contribution in [0.1, 0.15) is 53.4 Å². The molecule has 1 fully saturated rings. The molecule has 0 radical (unpaired) electrons. The first kappa shape index (κ1) is 13.0. The van der Waals surface area contributed by atoms with Crippen molar-refractivity contribution in [3.05, 3.63) is 0 Å². The van der Waals surface area contributed by atoms with Crippen LogP contribution in [-0.2, 0) is 4.74 Å². The lowest BCUT2D eigenvalue weighted by atomic mass is 9.78. The smallest absolute Gasteiger partial charge is 0.0810 e. The molecule has 1 aliphatic carbocycles. The van der Waals surface area contributed by atoms with Crippen molar-refractivity contribution in [1.29, 1.82) is 0 Å². The van der Waals surface area contributed by atoms with Crippen LogP contribution in [0.4, 0.5) is 0 Å². The van der Waals surface area contributed by atoms with Gasteiger partial charge in [0, 0.05) is 6.54 Å². The first-order valence-corrected chi connectivity index (χ1v) is 6.37. The van der Waals surface area contributed by atoms with E-state index in [1.54, 1.807) is 0 Å². The molecule has 0 aromatic heterocycles. The zero-order chi connectivity index (χ0) is 11.5. The van der Waals surface area contributed by atoms with Crippen LogP contribution in [0, 0.1) is 11.8 Å². The summed E-state index contributed by atoms with van der Waals surface area (Å²) in [5.41, 5.74) is 5.90. The molecule has 2 N–H and O–H groups in total. The highest BCUT2D eigenvalue weighted by atomic mass is 16.5. The highest BCUT2D eigenvalue weighted by Crippen LogP contribution is 2.36. The minimum atomic E-state index is -0.0264. The van der Waals surface area contributed by atoms with Gasteiger partial charge in [0.1, 0.15) is 0 Å². The molecule has 0 aromatic carbocycles. The van der Waals surface area contributed by atoms with Crippen LogP contribution in [0.2, 0.25) is 0 Å². The van der Waals surface area contributed by atoms with E-state index in [1.165, 1.54) is 12.8 Å². The van der Waals surface area contributed by atoms with Gasteiger partial charge in [0.25, 0.3) is 0 Å². The van der Waals surface area contributed by atoms with Crippen LogP contribution in [0.15, 0.2) is 0 Å². The molecule has 0 bridgehead atoms. The summed E-state index contributed by atoms with van der Waals surface area (Å²) in [6, 6.07) is 0. The maximum Gasteiger partial charge on any atom is 0.0810 e. The van der Waals surface area contributed by atoms with E-state index in [0.717, 1.165) is 18.8 Å². The number of hydrogen-bond donors (Lipinski definition) is 1. The van der Waals surface area contributed by atoms with E-state index >= 15 is 0 Å². The Morgan fingerprint density at radius 1 is 1.40 bits per heavy atom. The van der Waals surface area contributed by atoms with E-state index in [-0.39, 0.29) is 5.60 Å². The molecule has 3 atom stereocenters. The van der Waals surface area contributed by atoms with E-state index in [1.807, 2.05) is 0 Å². The molecule has 0 heterocycles. The van der Waals surface area contributed by atoms with Crippen molar-refractivity contribution < 1.29 is 4.74 Å². The van der Waals surface area contributed by atoms with Gasteiger partial charge in [-0.05, 0) is 31.6 Å². The number of hydrogen-bond acceptors (Lipinski definition) is 2. The second kappa shape index (κ2) is 5.31. The predicted octanol–water partition coefficient (Wildman–Crippen LogP) is 2.96.